The molecule has 1 aromatic carbocycles. The second kappa shape index (κ2) is 6.74. The van der Waals surface area contributed by atoms with E-state index in [0.29, 0.717) is 11.1 Å². The van der Waals surface area contributed by atoms with Crippen LogP contribution < -0.4 is 0 Å². The van der Waals surface area contributed by atoms with Crippen LogP contribution in [0.1, 0.15) is 21.6 Å². The van der Waals surface area contributed by atoms with Crippen molar-refractivity contribution in [2.45, 2.75) is 12.7 Å². The molecule has 0 fully saturated rings. The summed E-state index contributed by atoms with van der Waals surface area (Å²) < 4.78 is 44.8. The highest BCUT2D eigenvalue weighted by molar-refractivity contribution is 5.91. The molecule has 0 bridgehead atoms. The monoisotopic (exact) mass is 336 g/mol. The zero-order chi connectivity index (χ0) is 17.9. The average Bonchev–Trinajstić information content (AvgIpc) is 2.98. The number of imidazole rings is 1. The first-order valence-electron chi connectivity index (χ1n) is 6.92. The molecular weight excluding hydrogens is 321 g/mol. The third-order valence-corrected chi connectivity index (χ3v) is 3.33. The van der Waals surface area contributed by atoms with Gasteiger partial charge in [-0.15, -0.1) is 6.58 Å². The van der Waals surface area contributed by atoms with Crippen molar-refractivity contribution in [1.29, 1.82) is 0 Å². The molecule has 0 saturated heterocycles. The lowest BCUT2D eigenvalue weighted by atomic mass is 10.0. The van der Waals surface area contributed by atoms with Crippen LogP contribution in [0.2, 0.25) is 0 Å². The maximum Gasteiger partial charge on any atom is 0.434 e. The molecule has 0 amide bonds. The molecule has 126 valence electrons. The van der Waals surface area contributed by atoms with E-state index in [1.807, 2.05) is 0 Å². The standard InChI is InChI=1S/C17H15F3N2O2/c1-4-8-22-10-14(17(18,19)20)21-15(22)13-7-6-12(16(23)24-3)9-11(13)5-2/h4-7,9-10H,1-2,8H2,3H3. The summed E-state index contributed by atoms with van der Waals surface area (Å²) in [6, 6.07) is 4.48. The maximum absolute atomic E-state index is 13.0. The molecule has 2 aromatic rings. The molecule has 1 heterocycles. The lowest BCUT2D eigenvalue weighted by Crippen LogP contribution is -2.05. The predicted octanol–water partition coefficient (Wildman–Crippen LogP) is 4.18. The molecule has 24 heavy (non-hydrogen) atoms. The number of carbonyl (C=O) groups excluding carboxylic acids is 1. The number of hydrogen-bond acceptors (Lipinski definition) is 3. The number of allylic oxidation sites excluding steroid dienone is 1. The first-order valence-corrected chi connectivity index (χ1v) is 6.92. The number of hydrogen-bond donors (Lipinski definition) is 0. The number of halogens is 3. The number of carbonyl (C=O) groups is 1. The zero-order valence-corrected chi connectivity index (χ0v) is 12.9. The molecule has 0 aliphatic heterocycles. The lowest BCUT2D eigenvalue weighted by molar-refractivity contribution is -0.140. The van der Waals surface area contributed by atoms with Crippen LogP contribution in [0.5, 0.6) is 0 Å². The first kappa shape index (κ1) is 17.5. The van der Waals surface area contributed by atoms with Gasteiger partial charge in [0.15, 0.2) is 5.69 Å². The van der Waals surface area contributed by atoms with Crippen LogP contribution >= 0.6 is 0 Å². The molecule has 2 rings (SSSR count). The molecule has 1 aromatic heterocycles. The van der Waals surface area contributed by atoms with Gasteiger partial charge in [-0.05, 0) is 23.8 Å². The van der Waals surface area contributed by atoms with E-state index in [1.54, 1.807) is 0 Å². The Morgan fingerprint density at radius 2 is 2.08 bits per heavy atom. The fourth-order valence-corrected chi connectivity index (χ4v) is 2.23. The van der Waals surface area contributed by atoms with Crippen LogP contribution in [0.15, 0.2) is 43.6 Å². The molecule has 0 saturated carbocycles. The largest absolute Gasteiger partial charge is 0.465 e. The van der Waals surface area contributed by atoms with Gasteiger partial charge in [0.05, 0.1) is 12.7 Å². The molecule has 7 heteroatoms. The van der Waals surface area contributed by atoms with Crippen LogP contribution in [0.25, 0.3) is 17.5 Å². The average molecular weight is 336 g/mol. The van der Waals surface area contributed by atoms with Crippen molar-refractivity contribution in [3.8, 4) is 11.4 Å². The van der Waals surface area contributed by atoms with Crippen LogP contribution in [-0.4, -0.2) is 22.6 Å². The Morgan fingerprint density at radius 1 is 1.38 bits per heavy atom. The minimum atomic E-state index is -4.55. The number of alkyl halides is 3. The van der Waals surface area contributed by atoms with Crippen molar-refractivity contribution >= 4 is 12.0 Å². The summed E-state index contributed by atoms with van der Waals surface area (Å²) in [6.07, 6.45) is -0.705. The predicted molar refractivity (Wildman–Crippen MR) is 84.3 cm³/mol. The van der Waals surface area contributed by atoms with Gasteiger partial charge in [0.2, 0.25) is 0 Å². The number of aromatic nitrogens is 2. The van der Waals surface area contributed by atoms with E-state index < -0.39 is 17.8 Å². The van der Waals surface area contributed by atoms with E-state index >= 15 is 0 Å². The summed E-state index contributed by atoms with van der Waals surface area (Å²) in [5.74, 6) is -0.427. The number of rotatable bonds is 5. The number of benzene rings is 1. The number of ether oxygens (including phenoxy) is 1. The van der Waals surface area contributed by atoms with Gasteiger partial charge in [-0.2, -0.15) is 13.2 Å². The number of esters is 1. The summed E-state index contributed by atoms with van der Waals surface area (Å²) in [5, 5.41) is 0. The van der Waals surface area contributed by atoms with Crippen LogP contribution in [-0.2, 0) is 17.5 Å². The summed E-state index contributed by atoms with van der Waals surface area (Å²) in [6.45, 7) is 7.35. The van der Waals surface area contributed by atoms with Crippen molar-refractivity contribution in [1.82, 2.24) is 9.55 Å². The summed E-state index contributed by atoms with van der Waals surface area (Å²) in [7, 11) is 1.25. The maximum atomic E-state index is 13.0. The molecule has 0 atom stereocenters. The summed E-state index contributed by atoms with van der Waals surface area (Å²) in [5.41, 5.74) is 0.179. The van der Waals surface area contributed by atoms with Gasteiger partial charge in [-0.1, -0.05) is 18.7 Å². The Labute approximate surface area is 136 Å². The smallest absolute Gasteiger partial charge is 0.434 e. The normalized spacial score (nSPS) is 11.2. The first-order chi connectivity index (χ1) is 11.3. The zero-order valence-electron chi connectivity index (χ0n) is 12.9. The van der Waals surface area contributed by atoms with Crippen molar-refractivity contribution < 1.29 is 22.7 Å². The Balaban J connectivity index is 2.62. The Hall–Kier alpha value is -2.83. The second-order valence-corrected chi connectivity index (χ2v) is 4.89. The molecule has 0 N–H and O–H groups in total. The fourth-order valence-electron chi connectivity index (χ4n) is 2.23. The van der Waals surface area contributed by atoms with Gasteiger partial charge in [0.1, 0.15) is 5.82 Å². The molecule has 0 unspecified atom stereocenters. The van der Waals surface area contributed by atoms with Gasteiger partial charge < -0.3 is 9.30 Å². The highest BCUT2D eigenvalue weighted by Gasteiger charge is 2.35. The van der Waals surface area contributed by atoms with Crippen molar-refractivity contribution in [3.05, 3.63) is 60.5 Å². The van der Waals surface area contributed by atoms with Gasteiger partial charge >= 0.3 is 12.1 Å². The highest BCUT2D eigenvalue weighted by Crippen LogP contribution is 2.32. The molecular formula is C17H15F3N2O2. The molecule has 0 aliphatic carbocycles. The van der Waals surface area contributed by atoms with E-state index in [2.05, 4.69) is 22.9 Å². The van der Waals surface area contributed by atoms with E-state index in [4.69, 9.17) is 0 Å². The van der Waals surface area contributed by atoms with Gasteiger partial charge in [-0.3, -0.25) is 0 Å². The molecule has 0 radical (unpaired) electrons. The lowest BCUT2D eigenvalue weighted by Gasteiger charge is -2.09. The topological polar surface area (TPSA) is 44.1 Å². The quantitative estimate of drug-likeness (QED) is 0.608. The Bertz CT molecular complexity index is 792. The highest BCUT2D eigenvalue weighted by atomic mass is 19.4. The second-order valence-electron chi connectivity index (χ2n) is 4.89. The van der Waals surface area contributed by atoms with Gasteiger partial charge in [0, 0.05) is 18.3 Å². The number of nitrogens with zero attached hydrogens (tertiary/aromatic N) is 2. The van der Waals surface area contributed by atoms with Crippen LogP contribution in [0, 0.1) is 0 Å². The van der Waals surface area contributed by atoms with E-state index in [9.17, 15) is 18.0 Å². The van der Waals surface area contributed by atoms with E-state index in [-0.39, 0.29) is 17.9 Å². The van der Waals surface area contributed by atoms with Gasteiger partial charge in [-0.25, -0.2) is 9.78 Å². The summed E-state index contributed by atoms with van der Waals surface area (Å²) >= 11 is 0. The summed E-state index contributed by atoms with van der Waals surface area (Å²) in [4.78, 5) is 15.3. The van der Waals surface area contributed by atoms with Crippen molar-refractivity contribution in [2.24, 2.45) is 0 Å². The Morgan fingerprint density at radius 3 is 2.62 bits per heavy atom. The van der Waals surface area contributed by atoms with Crippen LogP contribution in [0.3, 0.4) is 0 Å². The Kier molecular flexibility index (Phi) is 4.92. The number of methoxy groups -OCH3 is 1. The minimum absolute atomic E-state index is 0.119. The third kappa shape index (κ3) is 3.40. The molecule has 4 nitrogen and oxygen atoms in total. The van der Waals surface area contributed by atoms with Crippen LogP contribution in [0.4, 0.5) is 13.2 Å². The van der Waals surface area contributed by atoms with Crippen molar-refractivity contribution in [3.63, 3.8) is 0 Å². The SMILES string of the molecule is C=CCn1cc(C(F)(F)F)nc1-c1ccc(C(=O)OC)cc1C=C. The van der Waals surface area contributed by atoms with E-state index in [0.717, 1.165) is 6.20 Å². The third-order valence-electron chi connectivity index (χ3n) is 3.33. The fraction of sp³-hybridized carbons (Fsp3) is 0.176. The molecule has 0 spiro atoms. The molecule has 0 aliphatic rings. The van der Waals surface area contributed by atoms with Gasteiger partial charge in [0.25, 0.3) is 0 Å². The van der Waals surface area contributed by atoms with E-state index in [1.165, 1.54) is 42.0 Å². The van der Waals surface area contributed by atoms with Crippen molar-refractivity contribution in [2.75, 3.05) is 7.11 Å². The minimum Gasteiger partial charge on any atom is -0.465 e.